The van der Waals surface area contributed by atoms with Gasteiger partial charge in [-0.15, -0.1) is 0 Å². The fourth-order valence-electron chi connectivity index (χ4n) is 1.70. The van der Waals surface area contributed by atoms with E-state index in [4.69, 9.17) is 22.0 Å². The normalized spacial score (nSPS) is 10.7. The van der Waals surface area contributed by atoms with Crippen molar-refractivity contribution in [2.75, 3.05) is 4.72 Å². The lowest BCUT2D eigenvalue weighted by Crippen LogP contribution is -2.14. The topological polar surface area (TPSA) is 107 Å². The van der Waals surface area contributed by atoms with Gasteiger partial charge in [-0.2, -0.15) is 5.26 Å². The van der Waals surface area contributed by atoms with E-state index in [-0.39, 0.29) is 21.2 Å². The van der Waals surface area contributed by atoms with Gasteiger partial charge in [0.1, 0.15) is 0 Å². The van der Waals surface area contributed by atoms with E-state index in [1.165, 1.54) is 36.4 Å². The predicted molar refractivity (Wildman–Crippen MR) is 80.4 cm³/mol. The lowest BCUT2D eigenvalue weighted by atomic mass is 10.2. The van der Waals surface area contributed by atoms with E-state index in [1.54, 1.807) is 0 Å². The molecule has 112 valence electrons. The molecule has 2 aromatic rings. The van der Waals surface area contributed by atoms with Crippen molar-refractivity contribution >= 4 is 33.3 Å². The van der Waals surface area contributed by atoms with E-state index in [2.05, 4.69) is 4.72 Å². The van der Waals surface area contributed by atoms with Crippen LogP contribution < -0.4 is 4.72 Å². The summed E-state index contributed by atoms with van der Waals surface area (Å²) >= 11 is 5.71. The average Bonchev–Trinajstić information content (AvgIpc) is 2.46. The highest BCUT2D eigenvalue weighted by Gasteiger charge is 2.18. The van der Waals surface area contributed by atoms with Crippen LogP contribution in [0.1, 0.15) is 15.9 Å². The third-order valence-electron chi connectivity index (χ3n) is 2.72. The van der Waals surface area contributed by atoms with Crippen molar-refractivity contribution in [1.82, 2.24) is 0 Å². The zero-order chi connectivity index (χ0) is 16.3. The number of benzene rings is 2. The van der Waals surface area contributed by atoms with E-state index in [0.29, 0.717) is 5.56 Å². The van der Waals surface area contributed by atoms with E-state index in [9.17, 15) is 13.2 Å². The molecule has 2 N–H and O–H groups in total. The number of nitrogens with one attached hydrogen (secondary N) is 1. The first kappa shape index (κ1) is 15.8. The van der Waals surface area contributed by atoms with Crippen LogP contribution in [0.4, 0.5) is 5.69 Å². The second-order valence-corrected chi connectivity index (χ2v) is 6.33. The number of carboxylic acid groups (broad SMARTS) is 1. The molecule has 8 heteroatoms. The molecule has 0 aromatic heterocycles. The first-order chi connectivity index (χ1) is 10.3. The van der Waals surface area contributed by atoms with Gasteiger partial charge in [0.2, 0.25) is 0 Å². The maximum atomic E-state index is 12.3. The summed E-state index contributed by atoms with van der Waals surface area (Å²) in [5.74, 6) is -1.33. The van der Waals surface area contributed by atoms with Crippen LogP contribution >= 0.6 is 11.6 Å². The lowest BCUT2D eigenvalue weighted by Gasteiger charge is -2.09. The van der Waals surface area contributed by atoms with Gasteiger partial charge in [-0.25, -0.2) is 13.2 Å². The molecule has 2 aromatic carbocycles. The van der Waals surface area contributed by atoms with Crippen LogP contribution in [-0.2, 0) is 10.0 Å². The Morgan fingerprint density at radius 3 is 2.59 bits per heavy atom. The maximum absolute atomic E-state index is 12.3. The first-order valence-corrected chi connectivity index (χ1v) is 7.75. The number of anilines is 1. The summed E-state index contributed by atoms with van der Waals surface area (Å²) < 4.78 is 26.8. The monoisotopic (exact) mass is 336 g/mol. The number of carbonyl (C=O) groups is 1. The van der Waals surface area contributed by atoms with Gasteiger partial charge >= 0.3 is 5.97 Å². The van der Waals surface area contributed by atoms with Crippen molar-refractivity contribution in [3.63, 3.8) is 0 Å². The number of nitrogens with zero attached hydrogens (tertiary/aromatic N) is 1. The second kappa shape index (κ2) is 6.05. The highest BCUT2D eigenvalue weighted by molar-refractivity contribution is 7.92. The summed E-state index contributed by atoms with van der Waals surface area (Å²) in [7, 11) is -3.99. The van der Waals surface area contributed by atoms with Crippen LogP contribution in [0.5, 0.6) is 0 Å². The van der Waals surface area contributed by atoms with Crippen LogP contribution in [0.2, 0.25) is 5.02 Å². The smallest absolute Gasteiger partial charge is 0.337 e. The summed E-state index contributed by atoms with van der Waals surface area (Å²) in [4.78, 5) is 10.8. The van der Waals surface area contributed by atoms with Crippen molar-refractivity contribution in [3.8, 4) is 6.07 Å². The molecule has 0 amide bonds. The molecule has 0 spiro atoms. The minimum atomic E-state index is -3.99. The number of nitriles is 1. The largest absolute Gasteiger partial charge is 0.478 e. The molecule has 0 bridgehead atoms. The molecule has 0 aliphatic rings. The quantitative estimate of drug-likeness (QED) is 0.892. The molecule has 0 saturated carbocycles. The van der Waals surface area contributed by atoms with Gasteiger partial charge in [0.05, 0.1) is 32.8 Å². The van der Waals surface area contributed by atoms with Gasteiger partial charge in [0.25, 0.3) is 10.0 Å². The minimum absolute atomic E-state index is 0.0575. The molecule has 0 aliphatic heterocycles. The summed E-state index contributed by atoms with van der Waals surface area (Å²) in [5.41, 5.74) is 0.184. The Balaban J connectivity index is 2.41. The summed E-state index contributed by atoms with van der Waals surface area (Å²) in [6, 6.07) is 11.2. The average molecular weight is 337 g/mol. The van der Waals surface area contributed by atoms with Gasteiger partial charge in [-0.3, -0.25) is 4.72 Å². The summed E-state index contributed by atoms with van der Waals surface area (Å²) in [6.45, 7) is 0. The number of hydrogen-bond acceptors (Lipinski definition) is 4. The molecule has 22 heavy (non-hydrogen) atoms. The zero-order valence-electron chi connectivity index (χ0n) is 10.9. The van der Waals surface area contributed by atoms with Crippen molar-refractivity contribution in [1.29, 1.82) is 5.26 Å². The van der Waals surface area contributed by atoms with Crippen LogP contribution in [0, 0.1) is 11.3 Å². The van der Waals surface area contributed by atoms with Crippen molar-refractivity contribution < 1.29 is 18.3 Å². The number of carboxylic acids is 1. The highest BCUT2D eigenvalue weighted by Crippen LogP contribution is 2.22. The molecule has 0 atom stereocenters. The van der Waals surface area contributed by atoms with E-state index in [1.807, 2.05) is 6.07 Å². The Kier molecular flexibility index (Phi) is 4.35. The Bertz CT molecular complexity index is 888. The molecule has 2 rings (SSSR count). The number of aromatic carboxylic acids is 1. The fourth-order valence-corrected chi connectivity index (χ4v) is 2.98. The second-order valence-electron chi connectivity index (χ2n) is 4.24. The van der Waals surface area contributed by atoms with Crippen molar-refractivity contribution in [2.24, 2.45) is 0 Å². The Morgan fingerprint density at radius 1 is 1.23 bits per heavy atom. The van der Waals surface area contributed by atoms with Crippen molar-refractivity contribution in [2.45, 2.75) is 4.90 Å². The Hall–Kier alpha value is -2.56. The third kappa shape index (κ3) is 3.36. The zero-order valence-corrected chi connectivity index (χ0v) is 12.5. The van der Waals surface area contributed by atoms with Crippen LogP contribution in [0.15, 0.2) is 47.4 Å². The molecule has 0 aliphatic carbocycles. The Labute approximate surface area is 131 Å². The van der Waals surface area contributed by atoms with Gasteiger partial charge < -0.3 is 5.11 Å². The van der Waals surface area contributed by atoms with Gasteiger partial charge in [-0.1, -0.05) is 17.7 Å². The number of hydrogen-bond donors (Lipinski definition) is 2. The summed E-state index contributed by atoms with van der Waals surface area (Å²) in [5, 5.41) is 17.7. The number of rotatable bonds is 4. The van der Waals surface area contributed by atoms with Crippen LogP contribution in [-0.4, -0.2) is 19.5 Å². The SMILES string of the molecule is N#Cc1cccc(NS(=O)(=O)c2ccc(Cl)c(C(=O)O)c2)c1. The molecule has 0 heterocycles. The number of sulfonamides is 1. The maximum Gasteiger partial charge on any atom is 0.337 e. The summed E-state index contributed by atoms with van der Waals surface area (Å²) in [6.07, 6.45) is 0. The Morgan fingerprint density at radius 2 is 1.95 bits per heavy atom. The molecule has 0 fully saturated rings. The van der Waals surface area contributed by atoms with E-state index >= 15 is 0 Å². The highest BCUT2D eigenvalue weighted by atomic mass is 35.5. The number of halogens is 1. The minimum Gasteiger partial charge on any atom is -0.478 e. The van der Waals surface area contributed by atoms with Gasteiger partial charge in [-0.05, 0) is 36.4 Å². The third-order valence-corrected chi connectivity index (χ3v) is 4.43. The molecular formula is C14H9ClN2O4S. The van der Waals surface area contributed by atoms with Crippen LogP contribution in [0.25, 0.3) is 0 Å². The fraction of sp³-hybridized carbons (Fsp3) is 0. The van der Waals surface area contributed by atoms with E-state index < -0.39 is 16.0 Å². The molecule has 0 saturated heterocycles. The lowest BCUT2D eigenvalue weighted by molar-refractivity contribution is 0.0697. The molecule has 0 radical (unpaired) electrons. The van der Waals surface area contributed by atoms with Gasteiger partial charge in [0, 0.05) is 0 Å². The van der Waals surface area contributed by atoms with E-state index in [0.717, 1.165) is 6.07 Å². The molecule has 0 unspecified atom stereocenters. The molecular weight excluding hydrogens is 328 g/mol. The predicted octanol–water partition coefficient (Wildman–Crippen LogP) is 2.71. The van der Waals surface area contributed by atoms with Crippen LogP contribution in [0.3, 0.4) is 0 Å². The van der Waals surface area contributed by atoms with Gasteiger partial charge in [0.15, 0.2) is 0 Å². The molecule has 6 nitrogen and oxygen atoms in total. The standard InChI is InChI=1S/C14H9ClN2O4S/c15-13-5-4-11(7-12(13)14(18)19)22(20,21)17-10-3-1-2-9(6-10)8-16/h1-7,17H,(H,18,19). The first-order valence-electron chi connectivity index (χ1n) is 5.89. The van der Waals surface area contributed by atoms with Crippen molar-refractivity contribution in [3.05, 3.63) is 58.6 Å².